The van der Waals surface area contributed by atoms with E-state index in [0.717, 1.165) is 30.2 Å². The van der Waals surface area contributed by atoms with Crippen LogP contribution in [0.15, 0.2) is 89.3 Å². The molecule has 44 heavy (non-hydrogen) atoms. The van der Waals surface area contributed by atoms with Gasteiger partial charge >= 0.3 is 0 Å². The number of halogens is 1. The number of aryl methyl sites for hydroxylation is 1. The molecule has 0 aliphatic heterocycles. The van der Waals surface area contributed by atoms with Crippen molar-refractivity contribution in [3.63, 3.8) is 0 Å². The number of anilines is 1. The highest BCUT2D eigenvalue weighted by atomic mass is 32.2. The fourth-order valence-corrected chi connectivity index (χ4v) is 6.16. The van der Waals surface area contributed by atoms with Crippen molar-refractivity contribution < 1.29 is 26.8 Å². The fourth-order valence-electron chi connectivity index (χ4n) is 5.59. The van der Waals surface area contributed by atoms with E-state index in [-0.39, 0.29) is 34.9 Å². The van der Waals surface area contributed by atoms with Gasteiger partial charge in [-0.2, -0.15) is 0 Å². The zero-order valence-corrected chi connectivity index (χ0v) is 24.9. The van der Waals surface area contributed by atoms with Gasteiger partial charge in [0, 0.05) is 29.0 Å². The van der Waals surface area contributed by atoms with Gasteiger partial charge in [-0.05, 0) is 72.4 Å². The highest BCUT2D eigenvalue weighted by Crippen LogP contribution is 2.46. The summed E-state index contributed by atoms with van der Waals surface area (Å²) in [7, 11) is -3.73. The molecule has 4 N–H and O–H groups in total. The average Bonchev–Trinajstić information content (AvgIpc) is 3.67. The molecule has 2 amide bonds. The number of primary amides is 1. The summed E-state index contributed by atoms with van der Waals surface area (Å²) in [5, 5.41) is 3.57. The van der Waals surface area contributed by atoms with Crippen LogP contribution in [0.4, 0.5) is 10.1 Å². The molecule has 1 aromatic heterocycles. The maximum atomic E-state index is 13.5. The van der Waals surface area contributed by atoms with Crippen LogP contribution in [0.3, 0.4) is 0 Å². The Hall–Kier alpha value is -4.96. The fraction of sp³-hybridized carbons (Fsp3) is 0.176. The number of sulfonamides is 1. The van der Waals surface area contributed by atoms with E-state index in [9.17, 15) is 22.4 Å². The summed E-state index contributed by atoms with van der Waals surface area (Å²) in [5.74, 6) is -1.11. The molecule has 0 atom stereocenters. The zero-order valence-electron chi connectivity index (χ0n) is 24.1. The number of carbonyl (C=O) groups excluding carboxylic acids is 2. The number of hydrogen-bond donors (Lipinski definition) is 3. The second-order valence-corrected chi connectivity index (χ2v) is 13.0. The number of rotatable bonds is 9. The molecule has 6 rings (SSSR count). The summed E-state index contributed by atoms with van der Waals surface area (Å²) in [6.07, 6.45) is 2.86. The number of benzene rings is 4. The van der Waals surface area contributed by atoms with Crippen LogP contribution in [-0.2, 0) is 22.0 Å². The SMILES string of the molecule is Cc1ccc(C(=O)NC2(c3ccccc3)CC2)cc1-c1cc2c(C(N)=O)c(Cc3ccc(F)cc3)oc2cc1NS(C)(=O)=O. The zero-order chi connectivity index (χ0) is 31.2. The lowest BCUT2D eigenvalue weighted by Gasteiger charge is -2.19. The Morgan fingerprint density at radius 1 is 0.955 bits per heavy atom. The summed E-state index contributed by atoms with van der Waals surface area (Å²) in [5.41, 5.74) is 9.94. The third kappa shape index (κ3) is 5.80. The summed E-state index contributed by atoms with van der Waals surface area (Å²) in [6.45, 7) is 1.85. The summed E-state index contributed by atoms with van der Waals surface area (Å²) in [4.78, 5) is 26.2. The lowest BCUT2D eigenvalue weighted by atomic mass is 9.94. The molecule has 1 heterocycles. The van der Waals surface area contributed by atoms with E-state index in [1.165, 1.54) is 18.2 Å². The quantitative estimate of drug-likeness (QED) is 0.187. The Bertz CT molecular complexity index is 2030. The first-order valence-corrected chi connectivity index (χ1v) is 15.9. The highest BCUT2D eigenvalue weighted by Gasteiger charge is 2.45. The van der Waals surface area contributed by atoms with E-state index >= 15 is 0 Å². The van der Waals surface area contributed by atoms with Crippen molar-refractivity contribution in [1.29, 1.82) is 0 Å². The number of carbonyl (C=O) groups is 2. The molecule has 1 aliphatic rings. The van der Waals surface area contributed by atoms with Crippen molar-refractivity contribution in [2.75, 3.05) is 11.0 Å². The molecule has 10 heteroatoms. The topological polar surface area (TPSA) is 132 Å². The minimum Gasteiger partial charge on any atom is -0.460 e. The van der Waals surface area contributed by atoms with Crippen molar-refractivity contribution in [2.24, 2.45) is 5.73 Å². The van der Waals surface area contributed by atoms with E-state index in [0.29, 0.717) is 27.6 Å². The first kappa shape index (κ1) is 29.1. The van der Waals surface area contributed by atoms with Gasteiger partial charge in [0.15, 0.2) is 0 Å². The molecule has 1 saturated carbocycles. The van der Waals surface area contributed by atoms with Crippen LogP contribution in [0, 0.1) is 12.7 Å². The molecule has 224 valence electrons. The van der Waals surface area contributed by atoms with E-state index in [1.807, 2.05) is 37.3 Å². The van der Waals surface area contributed by atoms with Crippen molar-refractivity contribution in [1.82, 2.24) is 5.32 Å². The molecule has 0 saturated heterocycles. The summed E-state index contributed by atoms with van der Waals surface area (Å²) in [6, 6.07) is 24.0. The van der Waals surface area contributed by atoms with Crippen LogP contribution in [0.1, 0.15) is 56.0 Å². The second-order valence-electron chi connectivity index (χ2n) is 11.3. The molecular formula is C34H30FN3O5S. The predicted molar refractivity (Wildman–Crippen MR) is 167 cm³/mol. The van der Waals surface area contributed by atoms with Crippen LogP contribution in [0.2, 0.25) is 0 Å². The number of amides is 2. The molecule has 1 aliphatic carbocycles. The Balaban J connectivity index is 1.45. The van der Waals surface area contributed by atoms with Gasteiger partial charge in [-0.15, -0.1) is 0 Å². The van der Waals surface area contributed by atoms with E-state index in [1.54, 1.807) is 36.4 Å². The largest absolute Gasteiger partial charge is 0.460 e. The van der Waals surface area contributed by atoms with Crippen molar-refractivity contribution >= 4 is 38.5 Å². The molecule has 1 fully saturated rings. The van der Waals surface area contributed by atoms with Gasteiger partial charge in [0.2, 0.25) is 10.0 Å². The number of fused-ring (bicyclic) bond motifs is 1. The standard InChI is InChI=1S/C34H30FN3O5S/c1-20-8-11-22(33(40)37-34(14-15-34)23-6-4-3-5-7-23)17-25(20)26-18-27-29(19-28(26)38-44(2,41)42)43-30(31(27)32(36)39)16-21-9-12-24(35)13-10-21/h3-13,17-19,38H,14-16H2,1-2H3,(H2,36,39)(H,37,40). The maximum absolute atomic E-state index is 13.5. The monoisotopic (exact) mass is 611 g/mol. The molecular weight excluding hydrogens is 581 g/mol. The van der Waals surface area contributed by atoms with Gasteiger partial charge in [0.05, 0.1) is 23.0 Å². The summed E-state index contributed by atoms with van der Waals surface area (Å²) < 4.78 is 46.9. The van der Waals surface area contributed by atoms with Crippen LogP contribution in [-0.4, -0.2) is 26.5 Å². The van der Waals surface area contributed by atoms with Crippen LogP contribution >= 0.6 is 0 Å². The van der Waals surface area contributed by atoms with Crippen molar-refractivity contribution in [3.8, 4) is 11.1 Å². The van der Waals surface area contributed by atoms with Gasteiger partial charge in [-0.1, -0.05) is 48.5 Å². The number of furan rings is 1. The van der Waals surface area contributed by atoms with Crippen LogP contribution in [0.25, 0.3) is 22.1 Å². The number of hydrogen-bond acceptors (Lipinski definition) is 5. The third-order valence-electron chi connectivity index (χ3n) is 7.94. The smallest absolute Gasteiger partial charge is 0.252 e. The van der Waals surface area contributed by atoms with Gasteiger partial charge < -0.3 is 15.5 Å². The van der Waals surface area contributed by atoms with Gasteiger partial charge in [-0.3, -0.25) is 14.3 Å². The molecule has 5 aromatic rings. The van der Waals surface area contributed by atoms with Crippen molar-refractivity contribution in [3.05, 3.63) is 124 Å². The molecule has 0 spiro atoms. The van der Waals surface area contributed by atoms with Crippen molar-refractivity contribution in [2.45, 2.75) is 31.7 Å². The second kappa shape index (κ2) is 10.9. The van der Waals surface area contributed by atoms with Crippen LogP contribution < -0.4 is 15.8 Å². The highest BCUT2D eigenvalue weighted by molar-refractivity contribution is 7.92. The Labute approximate surface area is 254 Å². The Kier molecular flexibility index (Phi) is 7.25. The van der Waals surface area contributed by atoms with Gasteiger partial charge in [-0.25, -0.2) is 12.8 Å². The molecule has 0 bridgehead atoms. The van der Waals surface area contributed by atoms with Gasteiger partial charge in [0.1, 0.15) is 17.2 Å². The number of nitrogens with two attached hydrogens (primary N) is 1. The van der Waals surface area contributed by atoms with E-state index < -0.39 is 27.3 Å². The average molecular weight is 612 g/mol. The van der Waals surface area contributed by atoms with Gasteiger partial charge in [0.25, 0.3) is 11.8 Å². The maximum Gasteiger partial charge on any atom is 0.252 e. The van der Waals surface area contributed by atoms with E-state index in [2.05, 4.69) is 10.0 Å². The summed E-state index contributed by atoms with van der Waals surface area (Å²) >= 11 is 0. The molecule has 4 aromatic carbocycles. The first-order valence-electron chi connectivity index (χ1n) is 14.0. The predicted octanol–water partition coefficient (Wildman–Crippen LogP) is 6.03. The first-order chi connectivity index (χ1) is 20.9. The number of nitrogens with one attached hydrogen (secondary N) is 2. The minimum atomic E-state index is -3.73. The normalized spacial score (nSPS) is 13.9. The van der Waals surface area contributed by atoms with Crippen LogP contribution in [0.5, 0.6) is 0 Å². The Morgan fingerprint density at radius 2 is 1.66 bits per heavy atom. The minimum absolute atomic E-state index is 0.140. The lowest BCUT2D eigenvalue weighted by molar-refractivity contribution is 0.0929. The molecule has 0 radical (unpaired) electrons. The van der Waals surface area contributed by atoms with E-state index in [4.69, 9.17) is 10.2 Å². The Morgan fingerprint density at radius 3 is 2.30 bits per heavy atom. The third-order valence-corrected chi connectivity index (χ3v) is 8.53. The molecule has 0 unspecified atom stereocenters. The molecule has 8 nitrogen and oxygen atoms in total. The lowest BCUT2D eigenvalue weighted by Crippen LogP contribution is -2.34.